The summed E-state index contributed by atoms with van der Waals surface area (Å²) < 4.78 is 25.8. The number of nitrogens with one attached hydrogen (secondary N) is 1. The van der Waals surface area contributed by atoms with E-state index in [1.807, 2.05) is 6.92 Å². The van der Waals surface area contributed by atoms with Gasteiger partial charge in [-0.25, -0.2) is 8.78 Å². The standard InChI is InChI=1S/C14H18F2N2O.ClH/c1-14(8-17,10-3-4-10)18-13(19)7-9-2-5-11(15)12(16)6-9;/h2,5-6,10H,3-4,7-8,17H2,1H3,(H,18,19);1H. The molecule has 1 aliphatic rings. The van der Waals surface area contributed by atoms with Crippen LogP contribution in [0.5, 0.6) is 0 Å². The molecule has 0 spiro atoms. The Morgan fingerprint density at radius 2 is 2.05 bits per heavy atom. The Kier molecular flexibility index (Phi) is 5.48. The fraction of sp³-hybridized carbons (Fsp3) is 0.500. The van der Waals surface area contributed by atoms with Crippen LogP contribution in [0, 0.1) is 17.6 Å². The molecule has 0 bridgehead atoms. The van der Waals surface area contributed by atoms with E-state index in [0.717, 1.165) is 25.0 Å². The molecule has 0 aromatic heterocycles. The van der Waals surface area contributed by atoms with Gasteiger partial charge in [0.05, 0.1) is 12.0 Å². The van der Waals surface area contributed by atoms with Crippen molar-refractivity contribution in [3.05, 3.63) is 35.4 Å². The molecule has 1 saturated carbocycles. The summed E-state index contributed by atoms with van der Waals surface area (Å²) in [5, 5.41) is 2.91. The molecule has 1 aromatic carbocycles. The molecule has 1 aliphatic carbocycles. The first kappa shape index (κ1) is 16.9. The topological polar surface area (TPSA) is 55.1 Å². The summed E-state index contributed by atoms with van der Waals surface area (Å²) in [5.41, 5.74) is 5.77. The number of amides is 1. The van der Waals surface area contributed by atoms with Gasteiger partial charge in [-0.1, -0.05) is 6.07 Å². The number of carbonyl (C=O) groups excluding carboxylic acids is 1. The fourth-order valence-corrected chi connectivity index (χ4v) is 2.24. The van der Waals surface area contributed by atoms with Gasteiger partial charge in [0, 0.05) is 6.54 Å². The number of nitrogens with two attached hydrogens (primary N) is 1. The average molecular weight is 305 g/mol. The van der Waals surface area contributed by atoms with Crippen molar-refractivity contribution in [2.24, 2.45) is 11.7 Å². The maximum Gasteiger partial charge on any atom is 0.224 e. The summed E-state index contributed by atoms with van der Waals surface area (Å²) in [7, 11) is 0. The molecule has 20 heavy (non-hydrogen) atoms. The van der Waals surface area contributed by atoms with Crippen molar-refractivity contribution in [2.75, 3.05) is 6.54 Å². The van der Waals surface area contributed by atoms with Gasteiger partial charge in [-0.05, 0) is 43.4 Å². The van der Waals surface area contributed by atoms with E-state index >= 15 is 0 Å². The summed E-state index contributed by atoms with van der Waals surface area (Å²) in [5.74, 6) is -1.64. The van der Waals surface area contributed by atoms with E-state index in [1.165, 1.54) is 6.07 Å². The van der Waals surface area contributed by atoms with Crippen molar-refractivity contribution in [3.63, 3.8) is 0 Å². The van der Waals surface area contributed by atoms with E-state index < -0.39 is 17.2 Å². The maximum absolute atomic E-state index is 13.0. The predicted octanol–water partition coefficient (Wildman–Crippen LogP) is 2.17. The number of hydrogen-bond donors (Lipinski definition) is 2. The lowest BCUT2D eigenvalue weighted by molar-refractivity contribution is -0.122. The summed E-state index contributed by atoms with van der Waals surface area (Å²) in [6, 6.07) is 3.49. The molecule has 1 amide bonds. The number of carbonyl (C=O) groups is 1. The zero-order chi connectivity index (χ0) is 14.0. The molecule has 1 aromatic rings. The van der Waals surface area contributed by atoms with Gasteiger partial charge >= 0.3 is 0 Å². The Morgan fingerprint density at radius 1 is 1.40 bits per heavy atom. The molecule has 0 radical (unpaired) electrons. The molecular weight excluding hydrogens is 286 g/mol. The van der Waals surface area contributed by atoms with Gasteiger partial charge in [0.2, 0.25) is 5.91 Å². The lowest BCUT2D eigenvalue weighted by Crippen LogP contribution is -2.53. The van der Waals surface area contributed by atoms with Crippen LogP contribution in [0.25, 0.3) is 0 Å². The Balaban J connectivity index is 0.00000200. The lowest BCUT2D eigenvalue weighted by Gasteiger charge is -2.29. The first-order valence-corrected chi connectivity index (χ1v) is 6.39. The zero-order valence-corrected chi connectivity index (χ0v) is 12.1. The molecule has 2 rings (SSSR count). The van der Waals surface area contributed by atoms with E-state index in [-0.39, 0.29) is 24.7 Å². The highest BCUT2D eigenvalue weighted by atomic mass is 35.5. The van der Waals surface area contributed by atoms with E-state index in [9.17, 15) is 13.6 Å². The highest BCUT2D eigenvalue weighted by Gasteiger charge is 2.41. The second kappa shape index (κ2) is 6.50. The zero-order valence-electron chi connectivity index (χ0n) is 11.3. The smallest absolute Gasteiger partial charge is 0.224 e. The number of rotatable bonds is 5. The predicted molar refractivity (Wildman–Crippen MR) is 75.6 cm³/mol. The van der Waals surface area contributed by atoms with Gasteiger partial charge in [0.15, 0.2) is 11.6 Å². The molecule has 3 nitrogen and oxygen atoms in total. The molecular formula is C14H19ClF2N2O. The Bertz CT molecular complexity index is 494. The summed E-state index contributed by atoms with van der Waals surface area (Å²) in [4.78, 5) is 11.9. The average Bonchev–Trinajstić information content (AvgIpc) is 3.18. The minimum absolute atomic E-state index is 0. The van der Waals surface area contributed by atoms with Crippen LogP contribution in [0.4, 0.5) is 8.78 Å². The molecule has 0 aliphatic heterocycles. The van der Waals surface area contributed by atoms with Crippen LogP contribution in [0.1, 0.15) is 25.3 Å². The molecule has 1 atom stereocenters. The van der Waals surface area contributed by atoms with E-state index in [4.69, 9.17) is 5.73 Å². The van der Waals surface area contributed by atoms with Crippen LogP contribution < -0.4 is 11.1 Å². The van der Waals surface area contributed by atoms with Crippen LogP contribution in [0.3, 0.4) is 0 Å². The fourth-order valence-electron chi connectivity index (χ4n) is 2.24. The highest BCUT2D eigenvalue weighted by molar-refractivity contribution is 5.85. The van der Waals surface area contributed by atoms with Gasteiger partial charge in [-0.3, -0.25) is 4.79 Å². The Hall–Kier alpha value is -1.20. The summed E-state index contributed by atoms with van der Waals surface area (Å²) in [6.07, 6.45) is 2.16. The number of benzene rings is 1. The van der Waals surface area contributed by atoms with Gasteiger partial charge in [0.1, 0.15) is 0 Å². The van der Waals surface area contributed by atoms with Crippen LogP contribution in [0.2, 0.25) is 0 Å². The third-order valence-corrected chi connectivity index (χ3v) is 3.68. The van der Waals surface area contributed by atoms with Crippen molar-refractivity contribution < 1.29 is 13.6 Å². The second-order valence-corrected chi connectivity index (χ2v) is 5.37. The highest BCUT2D eigenvalue weighted by Crippen LogP contribution is 2.38. The lowest BCUT2D eigenvalue weighted by atomic mass is 9.95. The van der Waals surface area contributed by atoms with Crippen LogP contribution >= 0.6 is 12.4 Å². The minimum atomic E-state index is -0.936. The van der Waals surface area contributed by atoms with Crippen molar-refractivity contribution >= 4 is 18.3 Å². The molecule has 1 unspecified atom stereocenters. The first-order chi connectivity index (χ1) is 8.94. The molecule has 0 heterocycles. The van der Waals surface area contributed by atoms with Gasteiger partial charge < -0.3 is 11.1 Å². The first-order valence-electron chi connectivity index (χ1n) is 6.39. The van der Waals surface area contributed by atoms with E-state index in [1.54, 1.807) is 0 Å². The van der Waals surface area contributed by atoms with Crippen LogP contribution in [0.15, 0.2) is 18.2 Å². The maximum atomic E-state index is 13.0. The van der Waals surface area contributed by atoms with E-state index in [2.05, 4.69) is 5.32 Å². The molecule has 0 saturated heterocycles. The van der Waals surface area contributed by atoms with Gasteiger partial charge in [-0.2, -0.15) is 0 Å². The van der Waals surface area contributed by atoms with Crippen molar-refractivity contribution in [1.29, 1.82) is 0 Å². The Labute approximate surface area is 123 Å². The normalized spacial score (nSPS) is 17.0. The van der Waals surface area contributed by atoms with Crippen LogP contribution in [-0.2, 0) is 11.2 Å². The number of halogens is 3. The minimum Gasteiger partial charge on any atom is -0.349 e. The molecule has 3 N–H and O–H groups in total. The molecule has 1 fully saturated rings. The largest absolute Gasteiger partial charge is 0.349 e. The van der Waals surface area contributed by atoms with Crippen LogP contribution in [-0.4, -0.2) is 18.0 Å². The second-order valence-electron chi connectivity index (χ2n) is 5.37. The van der Waals surface area contributed by atoms with E-state index in [0.29, 0.717) is 18.0 Å². The monoisotopic (exact) mass is 304 g/mol. The molecule has 6 heteroatoms. The van der Waals surface area contributed by atoms with Crippen molar-refractivity contribution in [2.45, 2.75) is 31.7 Å². The van der Waals surface area contributed by atoms with Crippen molar-refractivity contribution in [1.82, 2.24) is 5.32 Å². The summed E-state index contributed by atoms with van der Waals surface area (Å²) >= 11 is 0. The summed E-state index contributed by atoms with van der Waals surface area (Å²) in [6.45, 7) is 2.30. The van der Waals surface area contributed by atoms with Gasteiger partial charge in [0.25, 0.3) is 0 Å². The van der Waals surface area contributed by atoms with Crippen molar-refractivity contribution in [3.8, 4) is 0 Å². The molecule has 112 valence electrons. The number of hydrogen-bond acceptors (Lipinski definition) is 2. The quantitative estimate of drug-likeness (QED) is 0.876. The Morgan fingerprint density at radius 3 is 2.55 bits per heavy atom. The third kappa shape index (κ3) is 3.90. The SMILES string of the molecule is CC(CN)(NC(=O)Cc1ccc(F)c(F)c1)C1CC1.Cl. The van der Waals surface area contributed by atoms with Gasteiger partial charge in [-0.15, -0.1) is 12.4 Å². The third-order valence-electron chi connectivity index (χ3n) is 3.68.